The molecule has 19 heavy (non-hydrogen) atoms. The lowest BCUT2D eigenvalue weighted by molar-refractivity contribution is -0.133. The third-order valence-electron chi connectivity index (χ3n) is 3.20. The predicted molar refractivity (Wildman–Crippen MR) is 69.5 cm³/mol. The van der Waals surface area contributed by atoms with Gasteiger partial charge in [-0.1, -0.05) is 24.3 Å². The van der Waals surface area contributed by atoms with Crippen LogP contribution in [-0.4, -0.2) is 17.2 Å². The molecule has 0 saturated heterocycles. The predicted octanol–water partition coefficient (Wildman–Crippen LogP) is 0.236. The molecule has 1 unspecified atom stereocenters. The Morgan fingerprint density at radius 3 is 2.68 bits per heavy atom. The van der Waals surface area contributed by atoms with E-state index in [1.807, 2.05) is 23.6 Å². The summed E-state index contributed by atoms with van der Waals surface area (Å²) in [5.74, 6) is 3.69. The summed E-state index contributed by atoms with van der Waals surface area (Å²) < 4.78 is 5.50. The lowest BCUT2D eigenvalue weighted by Crippen LogP contribution is -2.33. The van der Waals surface area contributed by atoms with Gasteiger partial charge >= 0.3 is 5.97 Å². The Morgan fingerprint density at radius 2 is 2.05 bits per heavy atom. The smallest absolute Gasteiger partial charge is 0.358 e. The number of carboxylic acid groups (broad SMARTS) is 1. The van der Waals surface area contributed by atoms with Crippen molar-refractivity contribution >= 4 is 5.97 Å². The number of carboxylic acids is 1. The molecular weight excluding hydrogens is 246 g/mol. The highest BCUT2D eigenvalue weighted by molar-refractivity contribution is 5.86. The van der Waals surface area contributed by atoms with Crippen LogP contribution in [0.2, 0.25) is 0 Å². The fourth-order valence-corrected chi connectivity index (χ4v) is 2.24. The number of carbonyl (C=O) groups is 1. The van der Waals surface area contributed by atoms with E-state index < -0.39 is 5.97 Å². The quantitative estimate of drug-likeness (QED) is 0.268. The minimum absolute atomic E-state index is 0.127. The van der Waals surface area contributed by atoms with E-state index >= 15 is 0 Å². The molecule has 1 atom stereocenters. The van der Waals surface area contributed by atoms with E-state index in [-0.39, 0.29) is 17.7 Å². The first-order valence-electron chi connectivity index (χ1n) is 6.05. The molecule has 0 saturated carbocycles. The monoisotopic (exact) mass is 263 g/mol. The molecule has 0 bridgehead atoms. The molecule has 1 aliphatic carbocycles. The third-order valence-corrected chi connectivity index (χ3v) is 3.20. The zero-order chi connectivity index (χ0) is 13.8. The lowest BCUT2D eigenvalue weighted by atomic mass is 9.90. The van der Waals surface area contributed by atoms with Gasteiger partial charge in [-0.3, -0.25) is 5.84 Å². The summed E-state index contributed by atoms with van der Waals surface area (Å²) in [6.07, 6.45) is 2.29. The van der Waals surface area contributed by atoms with E-state index in [4.69, 9.17) is 21.4 Å². The van der Waals surface area contributed by atoms with Crippen LogP contribution in [-0.2, 0) is 22.4 Å². The molecule has 0 radical (unpaired) electrons. The van der Waals surface area contributed by atoms with Crippen molar-refractivity contribution in [2.75, 3.05) is 0 Å². The summed E-state index contributed by atoms with van der Waals surface area (Å²) in [4.78, 5) is 10.9. The van der Waals surface area contributed by atoms with Crippen LogP contribution < -0.4 is 17.0 Å². The number of benzene rings is 1. The van der Waals surface area contributed by atoms with Crippen LogP contribution in [0.3, 0.4) is 0 Å². The van der Waals surface area contributed by atoms with E-state index in [0.717, 1.165) is 12.8 Å². The zero-order valence-corrected chi connectivity index (χ0v) is 10.4. The van der Waals surface area contributed by atoms with E-state index in [1.54, 1.807) is 0 Å². The van der Waals surface area contributed by atoms with Crippen LogP contribution in [0.25, 0.3) is 0 Å². The molecule has 2 rings (SSSR count). The molecule has 1 aromatic rings. The Kier molecular flexibility index (Phi) is 3.91. The first-order valence-corrected chi connectivity index (χ1v) is 6.05. The lowest BCUT2D eigenvalue weighted by Gasteiger charge is -2.25. The van der Waals surface area contributed by atoms with Gasteiger partial charge in [-0.25, -0.2) is 4.79 Å². The molecule has 6 N–H and O–H groups in total. The Bertz CT molecular complexity index is 514. The summed E-state index contributed by atoms with van der Waals surface area (Å²) >= 11 is 0. The Hall–Kier alpha value is -2.21. The minimum Gasteiger partial charge on any atom is -0.476 e. The summed E-state index contributed by atoms with van der Waals surface area (Å²) in [5.41, 5.74) is 9.85. The minimum atomic E-state index is -1.24. The second-order valence-corrected chi connectivity index (χ2v) is 4.44. The van der Waals surface area contributed by atoms with Crippen LogP contribution in [0.4, 0.5) is 0 Å². The van der Waals surface area contributed by atoms with Gasteiger partial charge in [-0.15, -0.1) is 0 Å². The average Bonchev–Trinajstić information content (AvgIpc) is 2.39. The molecule has 1 aromatic carbocycles. The fourth-order valence-electron chi connectivity index (χ4n) is 2.24. The standard InChI is InChI=1S/C13H17N3O3/c14-12(11(16-15)13(17)18)19-10-6-5-8-3-1-2-4-9(8)7-10/h1-4,10,16H,5-7,14-15H2,(H,17,18)/b12-11+. The topological polar surface area (TPSA) is 111 Å². The SMILES string of the molecule is NN/C(C(=O)O)=C(\N)OC1CCc2ccccc2C1. The molecule has 0 amide bonds. The van der Waals surface area contributed by atoms with Crippen LogP contribution in [0, 0.1) is 0 Å². The van der Waals surface area contributed by atoms with Crippen molar-refractivity contribution in [2.45, 2.75) is 25.4 Å². The maximum absolute atomic E-state index is 10.9. The summed E-state index contributed by atoms with van der Waals surface area (Å²) in [6.45, 7) is 0. The van der Waals surface area contributed by atoms with E-state index in [0.29, 0.717) is 6.42 Å². The van der Waals surface area contributed by atoms with Crippen LogP contribution >= 0.6 is 0 Å². The summed E-state index contributed by atoms with van der Waals surface area (Å²) in [6, 6.07) is 8.12. The molecule has 0 heterocycles. The Labute approximate surface area is 111 Å². The van der Waals surface area contributed by atoms with Crippen molar-refractivity contribution < 1.29 is 14.6 Å². The van der Waals surface area contributed by atoms with Crippen LogP contribution in [0.15, 0.2) is 35.8 Å². The number of rotatable bonds is 4. The number of hydrazine groups is 1. The largest absolute Gasteiger partial charge is 0.476 e. The maximum Gasteiger partial charge on any atom is 0.358 e. The second kappa shape index (κ2) is 5.62. The van der Waals surface area contributed by atoms with Gasteiger partial charge in [-0.2, -0.15) is 0 Å². The molecule has 1 aliphatic rings. The highest BCUT2D eigenvalue weighted by atomic mass is 16.5. The van der Waals surface area contributed by atoms with Crippen molar-refractivity contribution in [3.05, 3.63) is 47.0 Å². The zero-order valence-electron chi connectivity index (χ0n) is 10.4. The van der Waals surface area contributed by atoms with Crippen molar-refractivity contribution in [3.63, 3.8) is 0 Å². The van der Waals surface area contributed by atoms with Gasteiger partial charge in [0.25, 0.3) is 0 Å². The van der Waals surface area contributed by atoms with Gasteiger partial charge in [0.1, 0.15) is 6.10 Å². The highest BCUT2D eigenvalue weighted by Gasteiger charge is 2.22. The number of nitrogens with one attached hydrogen (secondary N) is 1. The normalized spacial score (nSPS) is 19.1. The fraction of sp³-hybridized carbons (Fsp3) is 0.308. The van der Waals surface area contributed by atoms with Gasteiger partial charge < -0.3 is 21.0 Å². The molecule has 102 valence electrons. The molecule has 6 heteroatoms. The highest BCUT2D eigenvalue weighted by Crippen LogP contribution is 2.23. The van der Waals surface area contributed by atoms with Crippen molar-refractivity contribution in [3.8, 4) is 0 Å². The molecule has 0 spiro atoms. The summed E-state index contributed by atoms with van der Waals surface area (Å²) in [7, 11) is 0. The number of hydrogen-bond acceptors (Lipinski definition) is 5. The van der Waals surface area contributed by atoms with Crippen molar-refractivity contribution in [1.29, 1.82) is 0 Å². The number of aryl methyl sites for hydroxylation is 1. The average molecular weight is 263 g/mol. The van der Waals surface area contributed by atoms with E-state index in [2.05, 4.69) is 6.07 Å². The number of nitrogens with two attached hydrogens (primary N) is 2. The van der Waals surface area contributed by atoms with Gasteiger partial charge in [0.2, 0.25) is 5.88 Å². The second-order valence-electron chi connectivity index (χ2n) is 4.44. The van der Waals surface area contributed by atoms with Crippen LogP contribution in [0.1, 0.15) is 17.5 Å². The van der Waals surface area contributed by atoms with Gasteiger partial charge in [0.05, 0.1) is 0 Å². The van der Waals surface area contributed by atoms with Gasteiger partial charge in [0.15, 0.2) is 5.70 Å². The molecular formula is C13H17N3O3. The molecule has 6 nitrogen and oxygen atoms in total. The molecule has 0 aliphatic heterocycles. The third kappa shape index (κ3) is 2.97. The van der Waals surface area contributed by atoms with Crippen LogP contribution in [0.5, 0.6) is 0 Å². The van der Waals surface area contributed by atoms with Crippen molar-refractivity contribution in [2.24, 2.45) is 11.6 Å². The number of hydrogen-bond donors (Lipinski definition) is 4. The number of fused-ring (bicyclic) bond motifs is 1. The van der Waals surface area contributed by atoms with E-state index in [1.165, 1.54) is 11.1 Å². The Balaban J connectivity index is 2.08. The Morgan fingerprint density at radius 1 is 1.37 bits per heavy atom. The first kappa shape index (κ1) is 13.2. The summed E-state index contributed by atoms with van der Waals surface area (Å²) in [5, 5.41) is 8.87. The first-order chi connectivity index (χ1) is 9.11. The van der Waals surface area contributed by atoms with Gasteiger partial charge in [-0.05, 0) is 24.0 Å². The number of ether oxygens (including phenoxy) is 1. The number of aliphatic carboxylic acids is 1. The molecule has 0 aromatic heterocycles. The molecule has 0 fully saturated rings. The van der Waals surface area contributed by atoms with Crippen molar-refractivity contribution in [1.82, 2.24) is 5.43 Å². The maximum atomic E-state index is 10.9. The van der Waals surface area contributed by atoms with E-state index in [9.17, 15) is 4.79 Å². The van der Waals surface area contributed by atoms with Gasteiger partial charge in [0, 0.05) is 6.42 Å².